The fourth-order valence-corrected chi connectivity index (χ4v) is 2.44. The van der Waals surface area contributed by atoms with Crippen LogP contribution in [-0.2, 0) is 11.3 Å². The molecule has 0 bridgehead atoms. The Balaban J connectivity index is 2.09. The first-order valence-electron chi connectivity index (χ1n) is 6.77. The Kier molecular flexibility index (Phi) is 4.61. The van der Waals surface area contributed by atoms with Gasteiger partial charge in [-0.25, -0.2) is 0 Å². The number of carbonyl (C=O) groups is 1. The van der Waals surface area contributed by atoms with Gasteiger partial charge in [0.25, 0.3) is 0 Å². The summed E-state index contributed by atoms with van der Waals surface area (Å²) in [6.45, 7) is 2.31. The lowest BCUT2D eigenvalue weighted by Gasteiger charge is -2.30. The van der Waals surface area contributed by atoms with E-state index in [2.05, 4.69) is 12.2 Å². The summed E-state index contributed by atoms with van der Waals surface area (Å²) in [5, 5.41) is 0. The molecule has 1 aromatic rings. The van der Waals surface area contributed by atoms with E-state index in [-0.39, 0.29) is 11.9 Å². The van der Waals surface area contributed by atoms with Crippen LogP contribution in [0.4, 0.5) is 0 Å². The molecule has 1 amide bonds. The molecule has 0 radical (unpaired) electrons. The van der Waals surface area contributed by atoms with Crippen LogP contribution < -0.4 is 4.74 Å². The number of ether oxygens (including phenoxy) is 1. The number of nitrogens with zero attached hydrogens (tertiary/aromatic N) is 1. The van der Waals surface area contributed by atoms with Crippen LogP contribution in [0.2, 0.25) is 0 Å². The Hall–Kier alpha value is -1.77. The van der Waals surface area contributed by atoms with Crippen molar-refractivity contribution in [2.45, 2.75) is 38.8 Å². The molecular formula is C16H21NO2. The third-order valence-corrected chi connectivity index (χ3v) is 3.55. The average molecular weight is 259 g/mol. The number of rotatable bonds is 4. The lowest BCUT2D eigenvalue weighted by Crippen LogP contribution is -2.37. The Morgan fingerprint density at radius 3 is 2.63 bits per heavy atom. The highest BCUT2D eigenvalue weighted by Crippen LogP contribution is 2.20. The molecule has 102 valence electrons. The monoisotopic (exact) mass is 259 g/mol. The molecule has 0 spiro atoms. The first kappa shape index (κ1) is 13.7. The molecule has 1 aromatic carbocycles. The number of hydrogen-bond donors (Lipinski definition) is 0. The van der Waals surface area contributed by atoms with E-state index in [1.54, 1.807) is 14.0 Å². The molecule has 1 aliphatic rings. The van der Waals surface area contributed by atoms with Gasteiger partial charge in [-0.1, -0.05) is 24.3 Å². The van der Waals surface area contributed by atoms with Crippen molar-refractivity contribution in [1.82, 2.24) is 4.90 Å². The van der Waals surface area contributed by atoms with Gasteiger partial charge in [0.1, 0.15) is 5.75 Å². The summed E-state index contributed by atoms with van der Waals surface area (Å²) in [6.07, 6.45) is 7.69. The zero-order valence-corrected chi connectivity index (χ0v) is 11.6. The summed E-state index contributed by atoms with van der Waals surface area (Å²) in [5.74, 6) is 0.975. The first-order valence-corrected chi connectivity index (χ1v) is 6.77. The Labute approximate surface area is 114 Å². The summed E-state index contributed by atoms with van der Waals surface area (Å²) in [6, 6.07) is 8.14. The molecule has 0 saturated carbocycles. The molecule has 0 aliphatic heterocycles. The van der Waals surface area contributed by atoms with Crippen molar-refractivity contribution in [2.75, 3.05) is 7.11 Å². The van der Waals surface area contributed by atoms with E-state index >= 15 is 0 Å². The third kappa shape index (κ3) is 3.60. The van der Waals surface area contributed by atoms with Gasteiger partial charge in [0.2, 0.25) is 5.91 Å². The molecule has 2 rings (SSSR count). The number of amides is 1. The van der Waals surface area contributed by atoms with Crippen molar-refractivity contribution in [2.24, 2.45) is 0 Å². The highest BCUT2D eigenvalue weighted by Gasteiger charge is 2.20. The van der Waals surface area contributed by atoms with Gasteiger partial charge in [0, 0.05) is 13.5 Å². The third-order valence-electron chi connectivity index (χ3n) is 3.55. The van der Waals surface area contributed by atoms with E-state index in [1.807, 2.05) is 29.2 Å². The maximum Gasteiger partial charge on any atom is 0.220 e. The van der Waals surface area contributed by atoms with Gasteiger partial charge < -0.3 is 9.64 Å². The van der Waals surface area contributed by atoms with E-state index in [0.29, 0.717) is 6.54 Å². The van der Waals surface area contributed by atoms with Crippen LogP contribution in [0.1, 0.15) is 31.7 Å². The molecule has 0 N–H and O–H groups in total. The Bertz CT molecular complexity index is 450. The van der Waals surface area contributed by atoms with Crippen LogP contribution in [0.3, 0.4) is 0 Å². The number of allylic oxidation sites excluding steroid dienone is 1. The largest absolute Gasteiger partial charge is 0.497 e. The number of carbonyl (C=O) groups excluding carboxylic acids is 1. The second-order valence-electron chi connectivity index (χ2n) is 4.92. The number of benzene rings is 1. The predicted molar refractivity (Wildman–Crippen MR) is 76.0 cm³/mol. The fourth-order valence-electron chi connectivity index (χ4n) is 2.44. The van der Waals surface area contributed by atoms with Gasteiger partial charge in [-0.05, 0) is 37.0 Å². The van der Waals surface area contributed by atoms with Crippen molar-refractivity contribution >= 4 is 5.91 Å². The van der Waals surface area contributed by atoms with E-state index in [4.69, 9.17) is 4.74 Å². The second kappa shape index (κ2) is 6.41. The predicted octanol–water partition coefficient (Wildman–Crippen LogP) is 3.15. The van der Waals surface area contributed by atoms with Crippen molar-refractivity contribution in [3.8, 4) is 5.75 Å². The Morgan fingerprint density at radius 1 is 1.37 bits per heavy atom. The van der Waals surface area contributed by atoms with Crippen LogP contribution >= 0.6 is 0 Å². The van der Waals surface area contributed by atoms with Crippen LogP contribution in [0.25, 0.3) is 0 Å². The highest BCUT2D eigenvalue weighted by molar-refractivity contribution is 5.74. The first-order chi connectivity index (χ1) is 9.20. The fraction of sp³-hybridized carbons (Fsp3) is 0.438. The molecule has 3 heteroatoms. The minimum atomic E-state index is 0.132. The van der Waals surface area contributed by atoms with Crippen LogP contribution in [0.15, 0.2) is 36.4 Å². The van der Waals surface area contributed by atoms with Gasteiger partial charge in [0.05, 0.1) is 13.2 Å². The standard InChI is InChI=1S/C16H21NO2/c1-13(18)17(15-6-4-3-5-7-15)12-14-8-10-16(19-2)11-9-14/h4,6,8-11,15H,3,5,7,12H2,1-2H3/t15-/m1/s1. The Morgan fingerprint density at radius 2 is 2.11 bits per heavy atom. The van der Waals surface area contributed by atoms with Crippen molar-refractivity contribution in [3.63, 3.8) is 0 Å². The zero-order valence-electron chi connectivity index (χ0n) is 11.6. The zero-order chi connectivity index (χ0) is 13.7. The molecule has 0 aromatic heterocycles. The number of methoxy groups -OCH3 is 1. The lowest BCUT2D eigenvalue weighted by molar-refractivity contribution is -0.131. The quantitative estimate of drug-likeness (QED) is 0.777. The van der Waals surface area contributed by atoms with Gasteiger partial charge in [0.15, 0.2) is 0 Å². The molecule has 1 aliphatic carbocycles. The minimum Gasteiger partial charge on any atom is -0.497 e. The topological polar surface area (TPSA) is 29.5 Å². The molecule has 0 heterocycles. The molecule has 1 atom stereocenters. The summed E-state index contributed by atoms with van der Waals surface area (Å²) >= 11 is 0. The van der Waals surface area contributed by atoms with Crippen molar-refractivity contribution < 1.29 is 9.53 Å². The van der Waals surface area contributed by atoms with E-state index in [0.717, 1.165) is 30.6 Å². The summed E-state index contributed by atoms with van der Waals surface area (Å²) in [4.78, 5) is 13.8. The van der Waals surface area contributed by atoms with Gasteiger partial charge >= 0.3 is 0 Å². The molecule has 19 heavy (non-hydrogen) atoms. The highest BCUT2D eigenvalue weighted by atomic mass is 16.5. The lowest BCUT2D eigenvalue weighted by atomic mass is 10.0. The van der Waals surface area contributed by atoms with E-state index in [1.165, 1.54) is 0 Å². The molecule has 0 fully saturated rings. The molecule has 0 saturated heterocycles. The molecule has 0 unspecified atom stereocenters. The van der Waals surface area contributed by atoms with E-state index in [9.17, 15) is 4.79 Å². The smallest absolute Gasteiger partial charge is 0.220 e. The number of hydrogen-bond acceptors (Lipinski definition) is 2. The average Bonchev–Trinajstić information content (AvgIpc) is 2.46. The van der Waals surface area contributed by atoms with Gasteiger partial charge in [-0.2, -0.15) is 0 Å². The maximum atomic E-state index is 11.8. The van der Waals surface area contributed by atoms with E-state index < -0.39 is 0 Å². The summed E-state index contributed by atoms with van der Waals surface area (Å²) < 4.78 is 5.15. The van der Waals surface area contributed by atoms with Gasteiger partial charge in [-0.15, -0.1) is 0 Å². The SMILES string of the molecule is COc1ccc(CN(C(C)=O)[C@@H]2C=CCCC2)cc1. The molecule has 3 nitrogen and oxygen atoms in total. The van der Waals surface area contributed by atoms with Crippen molar-refractivity contribution in [3.05, 3.63) is 42.0 Å². The minimum absolute atomic E-state index is 0.132. The van der Waals surface area contributed by atoms with Crippen LogP contribution in [0.5, 0.6) is 5.75 Å². The molecular weight excluding hydrogens is 238 g/mol. The van der Waals surface area contributed by atoms with Gasteiger partial charge in [-0.3, -0.25) is 4.79 Å². The second-order valence-corrected chi connectivity index (χ2v) is 4.92. The summed E-state index contributed by atoms with van der Waals surface area (Å²) in [5.41, 5.74) is 1.13. The normalized spacial score (nSPS) is 18.1. The van der Waals surface area contributed by atoms with Crippen molar-refractivity contribution in [1.29, 1.82) is 0 Å². The maximum absolute atomic E-state index is 11.8. The van der Waals surface area contributed by atoms with Crippen LogP contribution in [-0.4, -0.2) is 24.0 Å². The summed E-state index contributed by atoms with van der Waals surface area (Å²) in [7, 11) is 1.66. The van der Waals surface area contributed by atoms with Crippen LogP contribution in [0, 0.1) is 0 Å².